The molecule has 5 heteroatoms. The number of fused-ring (bicyclic) bond motifs is 1. The van der Waals surface area contributed by atoms with Crippen LogP contribution in [0, 0.1) is 0 Å². The van der Waals surface area contributed by atoms with Crippen LogP contribution in [0.1, 0.15) is 0 Å². The smallest absolute Gasteiger partial charge is 0.396 e. The zero-order chi connectivity index (χ0) is 11.7. The molecule has 4 nitrogen and oxygen atoms in total. The van der Waals surface area contributed by atoms with Gasteiger partial charge in [0.1, 0.15) is 0 Å². The third kappa shape index (κ3) is 1.99. The molecule has 86 valence electrons. The highest BCUT2D eigenvalue weighted by atomic mass is 31.2. The number of nitrogens with one attached hydrogen (secondary N) is 1. The second-order valence-corrected chi connectivity index (χ2v) is 5.19. The van der Waals surface area contributed by atoms with E-state index >= 15 is 0 Å². The molecule has 0 atom stereocenters. The number of rotatable bonds is 2. The molecule has 0 unspecified atom stereocenters. The van der Waals surface area contributed by atoms with E-state index in [9.17, 15) is 4.57 Å². The number of benzene rings is 2. The standard InChI is InChI=1S/C12H10NO3P/c14-17(13-10-6-2-1-3-7-10)15-11-8-4-5-9-12(11)16-17/h1-9H,(H,13,14). The molecule has 0 radical (unpaired) electrons. The molecule has 0 aliphatic carbocycles. The Kier molecular flexibility index (Phi) is 2.30. The van der Waals surface area contributed by atoms with Crippen molar-refractivity contribution in [1.82, 2.24) is 0 Å². The molecular formula is C12H10NO3P. The van der Waals surface area contributed by atoms with E-state index in [1.54, 1.807) is 36.4 Å². The molecule has 1 aliphatic rings. The van der Waals surface area contributed by atoms with Crippen molar-refractivity contribution in [2.24, 2.45) is 0 Å². The minimum atomic E-state index is -3.32. The molecule has 1 aliphatic heterocycles. The van der Waals surface area contributed by atoms with Crippen LogP contribution in [0.2, 0.25) is 0 Å². The number of hydrogen-bond acceptors (Lipinski definition) is 3. The average molecular weight is 247 g/mol. The van der Waals surface area contributed by atoms with E-state index < -0.39 is 7.75 Å². The van der Waals surface area contributed by atoms with E-state index in [1.807, 2.05) is 18.2 Å². The summed E-state index contributed by atoms with van der Waals surface area (Å²) < 4.78 is 22.9. The van der Waals surface area contributed by atoms with Crippen LogP contribution < -0.4 is 14.1 Å². The molecule has 0 aromatic heterocycles. The second-order valence-electron chi connectivity index (χ2n) is 3.60. The predicted octanol–water partition coefficient (Wildman–Crippen LogP) is 3.68. The van der Waals surface area contributed by atoms with Gasteiger partial charge in [0.05, 0.1) is 0 Å². The summed E-state index contributed by atoms with van der Waals surface area (Å²) in [5.41, 5.74) is 0.698. The van der Waals surface area contributed by atoms with Crippen LogP contribution in [0.15, 0.2) is 54.6 Å². The first-order valence-corrected chi connectivity index (χ1v) is 6.71. The van der Waals surface area contributed by atoms with Crippen LogP contribution in [-0.2, 0) is 4.57 Å². The summed E-state index contributed by atoms with van der Waals surface area (Å²) in [5, 5.41) is 2.78. The highest BCUT2D eigenvalue weighted by Crippen LogP contribution is 2.57. The number of para-hydroxylation sites is 3. The zero-order valence-electron chi connectivity index (χ0n) is 8.87. The van der Waals surface area contributed by atoms with Crippen molar-refractivity contribution in [2.75, 3.05) is 5.09 Å². The van der Waals surface area contributed by atoms with Crippen molar-refractivity contribution in [3.63, 3.8) is 0 Å². The molecule has 17 heavy (non-hydrogen) atoms. The molecule has 0 bridgehead atoms. The lowest BCUT2D eigenvalue weighted by molar-refractivity contribution is 0.438. The molecule has 3 rings (SSSR count). The topological polar surface area (TPSA) is 47.6 Å². The Balaban J connectivity index is 1.85. The van der Waals surface area contributed by atoms with Crippen molar-refractivity contribution < 1.29 is 13.6 Å². The number of anilines is 1. The first kappa shape index (κ1) is 10.2. The molecule has 2 aromatic carbocycles. The van der Waals surface area contributed by atoms with Gasteiger partial charge in [-0.3, -0.25) is 5.09 Å². The van der Waals surface area contributed by atoms with E-state index in [4.69, 9.17) is 9.05 Å². The summed E-state index contributed by atoms with van der Waals surface area (Å²) in [5.74, 6) is 0.999. The molecule has 2 aromatic rings. The van der Waals surface area contributed by atoms with Crippen LogP contribution in [0.3, 0.4) is 0 Å². The maximum absolute atomic E-state index is 12.3. The largest absolute Gasteiger partial charge is 0.541 e. The minimum absolute atomic E-state index is 0.499. The van der Waals surface area contributed by atoms with Gasteiger partial charge in [0.25, 0.3) is 0 Å². The van der Waals surface area contributed by atoms with E-state index in [-0.39, 0.29) is 0 Å². The molecule has 0 amide bonds. The van der Waals surface area contributed by atoms with Gasteiger partial charge in [-0.05, 0) is 24.3 Å². The lowest BCUT2D eigenvalue weighted by Gasteiger charge is -2.11. The fraction of sp³-hybridized carbons (Fsp3) is 0. The van der Waals surface area contributed by atoms with Crippen molar-refractivity contribution >= 4 is 13.4 Å². The van der Waals surface area contributed by atoms with E-state index in [2.05, 4.69) is 5.09 Å². The summed E-state index contributed by atoms with van der Waals surface area (Å²) in [6.07, 6.45) is 0. The molecule has 0 spiro atoms. The summed E-state index contributed by atoms with van der Waals surface area (Å²) in [6.45, 7) is 0. The maximum Gasteiger partial charge on any atom is 0.541 e. The van der Waals surface area contributed by atoms with Crippen molar-refractivity contribution in [3.8, 4) is 11.5 Å². The van der Waals surface area contributed by atoms with E-state index in [0.717, 1.165) is 0 Å². The van der Waals surface area contributed by atoms with Gasteiger partial charge < -0.3 is 9.05 Å². The van der Waals surface area contributed by atoms with Crippen molar-refractivity contribution in [1.29, 1.82) is 0 Å². The van der Waals surface area contributed by atoms with Crippen LogP contribution in [0.5, 0.6) is 11.5 Å². The van der Waals surface area contributed by atoms with Crippen LogP contribution in [-0.4, -0.2) is 0 Å². The molecule has 1 N–H and O–H groups in total. The highest BCUT2D eigenvalue weighted by molar-refractivity contribution is 7.56. The lowest BCUT2D eigenvalue weighted by Crippen LogP contribution is -2.03. The van der Waals surface area contributed by atoms with Gasteiger partial charge in [0, 0.05) is 5.69 Å². The van der Waals surface area contributed by atoms with E-state index in [0.29, 0.717) is 17.2 Å². The molecule has 0 saturated heterocycles. The van der Waals surface area contributed by atoms with Crippen LogP contribution in [0.4, 0.5) is 5.69 Å². The first-order valence-electron chi connectivity index (χ1n) is 5.17. The predicted molar refractivity (Wildman–Crippen MR) is 65.4 cm³/mol. The Morgan fingerprint density at radius 2 is 1.35 bits per heavy atom. The average Bonchev–Trinajstić information content (AvgIpc) is 2.66. The van der Waals surface area contributed by atoms with Crippen LogP contribution in [0.25, 0.3) is 0 Å². The fourth-order valence-corrected chi connectivity index (χ4v) is 3.01. The highest BCUT2D eigenvalue weighted by Gasteiger charge is 2.36. The third-order valence-electron chi connectivity index (χ3n) is 2.33. The quantitative estimate of drug-likeness (QED) is 0.822. The monoisotopic (exact) mass is 247 g/mol. The summed E-state index contributed by atoms with van der Waals surface area (Å²) in [6, 6.07) is 16.2. The van der Waals surface area contributed by atoms with Crippen LogP contribution >= 0.6 is 7.75 Å². The molecule has 1 heterocycles. The number of hydrogen-bond donors (Lipinski definition) is 1. The summed E-state index contributed by atoms with van der Waals surface area (Å²) >= 11 is 0. The van der Waals surface area contributed by atoms with Gasteiger partial charge in [0.2, 0.25) is 0 Å². The van der Waals surface area contributed by atoms with Gasteiger partial charge in [0.15, 0.2) is 11.5 Å². The maximum atomic E-state index is 12.3. The van der Waals surface area contributed by atoms with Crippen molar-refractivity contribution in [3.05, 3.63) is 54.6 Å². The lowest BCUT2D eigenvalue weighted by atomic mass is 10.3. The van der Waals surface area contributed by atoms with Gasteiger partial charge in [-0.2, -0.15) is 0 Å². The fourth-order valence-electron chi connectivity index (χ4n) is 1.60. The Bertz CT molecular complexity index is 556. The second kappa shape index (κ2) is 3.82. The Labute approximate surface area is 98.8 Å². The Morgan fingerprint density at radius 1 is 0.824 bits per heavy atom. The Morgan fingerprint density at radius 3 is 1.94 bits per heavy atom. The zero-order valence-corrected chi connectivity index (χ0v) is 9.76. The molecule has 0 fully saturated rings. The molecular weight excluding hydrogens is 237 g/mol. The first-order chi connectivity index (χ1) is 8.25. The normalized spacial score (nSPS) is 15.5. The third-order valence-corrected chi connectivity index (χ3v) is 3.73. The summed E-state index contributed by atoms with van der Waals surface area (Å²) in [7, 11) is -3.32. The summed E-state index contributed by atoms with van der Waals surface area (Å²) in [4.78, 5) is 0. The van der Waals surface area contributed by atoms with Gasteiger partial charge >= 0.3 is 7.75 Å². The van der Waals surface area contributed by atoms with Gasteiger partial charge in [-0.1, -0.05) is 30.3 Å². The van der Waals surface area contributed by atoms with Gasteiger partial charge in [-0.25, -0.2) is 4.57 Å². The van der Waals surface area contributed by atoms with Crippen molar-refractivity contribution in [2.45, 2.75) is 0 Å². The molecule has 0 saturated carbocycles. The Hall–Kier alpha value is -1.93. The van der Waals surface area contributed by atoms with Gasteiger partial charge in [-0.15, -0.1) is 0 Å². The minimum Gasteiger partial charge on any atom is -0.396 e. The van der Waals surface area contributed by atoms with E-state index in [1.165, 1.54) is 0 Å². The SMILES string of the molecule is O=P1(Nc2ccccc2)Oc2ccccc2O1.